The molecule has 0 spiro atoms. The number of hydrogen-bond acceptors (Lipinski definition) is 4. The molecule has 2 aliphatic rings. The monoisotopic (exact) mass is 362 g/mol. The SMILES string of the molecule is COc1cccc(C(=O)NC2CC3CCC(C2)N3)c1OC(F)F.Cl. The van der Waals surface area contributed by atoms with Gasteiger partial charge in [-0.1, -0.05) is 6.07 Å². The number of fused-ring (bicyclic) bond motifs is 2. The molecule has 2 saturated heterocycles. The third-order valence-corrected chi connectivity index (χ3v) is 4.46. The number of rotatable bonds is 5. The second-order valence-corrected chi connectivity index (χ2v) is 6.00. The molecule has 2 unspecified atom stereocenters. The molecule has 24 heavy (non-hydrogen) atoms. The molecule has 2 heterocycles. The van der Waals surface area contributed by atoms with Crippen LogP contribution >= 0.6 is 12.4 Å². The predicted octanol–water partition coefficient (Wildman–Crippen LogP) is 2.73. The van der Waals surface area contributed by atoms with Crippen molar-refractivity contribution in [2.75, 3.05) is 7.11 Å². The largest absolute Gasteiger partial charge is 0.493 e. The summed E-state index contributed by atoms with van der Waals surface area (Å²) >= 11 is 0. The second-order valence-electron chi connectivity index (χ2n) is 6.00. The summed E-state index contributed by atoms with van der Waals surface area (Å²) in [6, 6.07) is 5.44. The van der Waals surface area contributed by atoms with Gasteiger partial charge >= 0.3 is 6.61 Å². The molecule has 2 fully saturated rings. The van der Waals surface area contributed by atoms with Crippen LogP contribution in [0.2, 0.25) is 0 Å². The lowest BCUT2D eigenvalue weighted by Crippen LogP contribution is -2.48. The number of piperidine rings is 1. The molecule has 0 radical (unpaired) electrons. The standard InChI is InChI=1S/C16H20F2N2O3.ClH/c1-22-13-4-2-3-12(14(13)23-16(17)18)15(21)20-11-7-9-5-6-10(8-11)19-9;/h2-4,9-11,16,19H,5-8H2,1H3,(H,20,21);1H. The lowest BCUT2D eigenvalue weighted by atomic mass is 9.99. The summed E-state index contributed by atoms with van der Waals surface area (Å²) < 4.78 is 34.8. The van der Waals surface area contributed by atoms with Crippen LogP contribution in [-0.2, 0) is 0 Å². The lowest BCUT2D eigenvalue weighted by Gasteiger charge is -2.29. The number of ether oxygens (including phenoxy) is 2. The van der Waals surface area contributed by atoms with E-state index in [2.05, 4.69) is 15.4 Å². The average molecular weight is 363 g/mol. The van der Waals surface area contributed by atoms with Gasteiger partial charge in [0, 0.05) is 18.1 Å². The fraction of sp³-hybridized carbons (Fsp3) is 0.562. The average Bonchev–Trinajstić information content (AvgIpc) is 2.85. The zero-order valence-electron chi connectivity index (χ0n) is 13.3. The number of para-hydroxylation sites is 1. The molecule has 0 saturated carbocycles. The smallest absolute Gasteiger partial charge is 0.387 e. The lowest BCUT2D eigenvalue weighted by molar-refractivity contribution is -0.0515. The zero-order chi connectivity index (χ0) is 16.4. The van der Waals surface area contributed by atoms with Crippen molar-refractivity contribution in [3.63, 3.8) is 0 Å². The fourth-order valence-electron chi connectivity index (χ4n) is 3.50. The number of carbonyl (C=O) groups is 1. The van der Waals surface area contributed by atoms with Crippen LogP contribution in [0.15, 0.2) is 18.2 Å². The Morgan fingerprint density at radius 3 is 2.54 bits per heavy atom. The maximum absolute atomic E-state index is 12.6. The Hall–Kier alpha value is -1.60. The summed E-state index contributed by atoms with van der Waals surface area (Å²) in [5.41, 5.74) is 0.0653. The van der Waals surface area contributed by atoms with E-state index in [0.717, 1.165) is 25.7 Å². The minimum atomic E-state index is -3.02. The van der Waals surface area contributed by atoms with Gasteiger partial charge in [0.05, 0.1) is 12.7 Å². The molecule has 2 N–H and O–H groups in total. The molecule has 8 heteroatoms. The van der Waals surface area contributed by atoms with Crippen molar-refractivity contribution >= 4 is 18.3 Å². The van der Waals surface area contributed by atoms with Crippen LogP contribution in [0.25, 0.3) is 0 Å². The Bertz CT molecular complexity index is 576. The highest BCUT2D eigenvalue weighted by atomic mass is 35.5. The van der Waals surface area contributed by atoms with E-state index >= 15 is 0 Å². The van der Waals surface area contributed by atoms with Crippen LogP contribution in [0.1, 0.15) is 36.0 Å². The molecule has 134 valence electrons. The summed E-state index contributed by atoms with van der Waals surface area (Å²) in [7, 11) is 1.35. The molecular formula is C16H21ClF2N2O3. The predicted molar refractivity (Wildman–Crippen MR) is 87.3 cm³/mol. The molecule has 2 bridgehead atoms. The molecule has 1 aromatic rings. The first kappa shape index (κ1) is 18.7. The second kappa shape index (κ2) is 7.98. The number of nitrogens with one attached hydrogen (secondary N) is 2. The van der Waals surface area contributed by atoms with Crippen molar-refractivity contribution in [3.8, 4) is 11.5 Å². The fourth-order valence-corrected chi connectivity index (χ4v) is 3.50. The molecule has 2 atom stereocenters. The molecule has 3 rings (SSSR count). The summed E-state index contributed by atoms with van der Waals surface area (Å²) in [4.78, 5) is 12.5. The first-order valence-corrected chi connectivity index (χ1v) is 7.75. The van der Waals surface area contributed by atoms with Crippen molar-refractivity contribution in [2.24, 2.45) is 0 Å². The van der Waals surface area contributed by atoms with Gasteiger partial charge in [-0.05, 0) is 37.8 Å². The van der Waals surface area contributed by atoms with Gasteiger partial charge in [-0.15, -0.1) is 12.4 Å². The summed E-state index contributed by atoms with van der Waals surface area (Å²) in [5.74, 6) is -0.520. The molecule has 2 aliphatic heterocycles. The Morgan fingerprint density at radius 1 is 1.29 bits per heavy atom. The van der Waals surface area contributed by atoms with E-state index < -0.39 is 12.5 Å². The highest BCUT2D eigenvalue weighted by Crippen LogP contribution is 2.33. The number of benzene rings is 1. The van der Waals surface area contributed by atoms with E-state index in [0.29, 0.717) is 12.1 Å². The maximum atomic E-state index is 12.6. The molecule has 5 nitrogen and oxygen atoms in total. The van der Waals surface area contributed by atoms with Crippen LogP contribution < -0.4 is 20.1 Å². The van der Waals surface area contributed by atoms with Crippen LogP contribution in [0.4, 0.5) is 8.78 Å². The van der Waals surface area contributed by atoms with Crippen LogP contribution in [0, 0.1) is 0 Å². The third-order valence-electron chi connectivity index (χ3n) is 4.46. The Balaban J connectivity index is 0.00000208. The number of amides is 1. The van der Waals surface area contributed by atoms with Crippen molar-refractivity contribution < 1.29 is 23.0 Å². The number of hydrogen-bond donors (Lipinski definition) is 2. The third kappa shape index (κ3) is 4.08. The molecular weight excluding hydrogens is 342 g/mol. The minimum absolute atomic E-state index is 0. The Labute approximate surface area is 145 Å². The molecule has 0 aliphatic carbocycles. The van der Waals surface area contributed by atoms with Crippen molar-refractivity contribution in [1.82, 2.24) is 10.6 Å². The van der Waals surface area contributed by atoms with Gasteiger partial charge in [-0.3, -0.25) is 4.79 Å². The van der Waals surface area contributed by atoms with Gasteiger partial charge in [0.2, 0.25) is 0 Å². The number of methoxy groups -OCH3 is 1. The van der Waals surface area contributed by atoms with Gasteiger partial charge in [-0.2, -0.15) is 8.78 Å². The van der Waals surface area contributed by atoms with Gasteiger partial charge in [0.25, 0.3) is 5.91 Å². The van der Waals surface area contributed by atoms with E-state index in [1.54, 1.807) is 6.07 Å². The van der Waals surface area contributed by atoms with Gasteiger partial charge in [0.15, 0.2) is 11.5 Å². The summed E-state index contributed by atoms with van der Waals surface area (Å²) in [6.45, 7) is -3.02. The highest BCUT2D eigenvalue weighted by Gasteiger charge is 2.34. The number of halogens is 3. The topological polar surface area (TPSA) is 59.6 Å². The highest BCUT2D eigenvalue weighted by molar-refractivity contribution is 5.98. The Kier molecular flexibility index (Phi) is 6.23. The number of carbonyl (C=O) groups excluding carboxylic acids is 1. The van der Waals surface area contributed by atoms with Gasteiger partial charge in [0.1, 0.15) is 0 Å². The van der Waals surface area contributed by atoms with E-state index in [-0.39, 0.29) is 35.5 Å². The summed E-state index contributed by atoms with van der Waals surface area (Å²) in [5, 5.41) is 6.44. The first-order valence-electron chi connectivity index (χ1n) is 7.75. The molecule has 1 amide bonds. The first-order chi connectivity index (χ1) is 11.1. The van der Waals surface area contributed by atoms with Crippen molar-refractivity contribution in [3.05, 3.63) is 23.8 Å². The Morgan fingerprint density at radius 2 is 1.96 bits per heavy atom. The van der Waals surface area contributed by atoms with Crippen molar-refractivity contribution in [2.45, 2.75) is 50.4 Å². The van der Waals surface area contributed by atoms with Gasteiger partial charge in [-0.25, -0.2) is 0 Å². The zero-order valence-corrected chi connectivity index (χ0v) is 14.1. The molecule has 0 aromatic heterocycles. The quantitative estimate of drug-likeness (QED) is 0.845. The van der Waals surface area contributed by atoms with E-state index in [1.165, 1.54) is 19.2 Å². The van der Waals surface area contributed by atoms with Crippen LogP contribution in [-0.4, -0.2) is 37.8 Å². The maximum Gasteiger partial charge on any atom is 0.387 e. The minimum Gasteiger partial charge on any atom is -0.493 e. The van der Waals surface area contributed by atoms with E-state index in [4.69, 9.17) is 4.74 Å². The van der Waals surface area contributed by atoms with Crippen LogP contribution in [0.5, 0.6) is 11.5 Å². The van der Waals surface area contributed by atoms with E-state index in [1.807, 2.05) is 0 Å². The van der Waals surface area contributed by atoms with Gasteiger partial charge < -0.3 is 20.1 Å². The normalized spacial score (nSPS) is 25.1. The van der Waals surface area contributed by atoms with E-state index in [9.17, 15) is 13.6 Å². The van der Waals surface area contributed by atoms with Crippen LogP contribution in [0.3, 0.4) is 0 Å². The molecule has 1 aromatic carbocycles. The number of alkyl halides is 2. The summed E-state index contributed by atoms with van der Waals surface area (Å²) in [6.07, 6.45) is 3.96. The van der Waals surface area contributed by atoms with Crippen molar-refractivity contribution in [1.29, 1.82) is 0 Å².